The highest BCUT2D eigenvalue weighted by atomic mass is 127. The van der Waals surface area contributed by atoms with Gasteiger partial charge in [-0.15, -0.1) is 0 Å². The van der Waals surface area contributed by atoms with Crippen molar-refractivity contribution in [1.82, 2.24) is 4.98 Å². The molecule has 0 saturated carbocycles. The maximum absolute atomic E-state index is 12.5. The standard InChI is InChI=1S/C8H5BrF2INO/c9-2-5-6(12)1-4(3-14)13-7(5)8(10)11/h1,3,8H,2H2. The number of carbonyl (C=O) groups is 1. The first-order chi connectivity index (χ1) is 6.60. The van der Waals surface area contributed by atoms with Crippen molar-refractivity contribution in [2.24, 2.45) is 0 Å². The molecule has 1 rings (SSSR count). The molecule has 0 bridgehead atoms. The summed E-state index contributed by atoms with van der Waals surface area (Å²) in [7, 11) is 0. The molecule has 0 fully saturated rings. The lowest BCUT2D eigenvalue weighted by molar-refractivity contribution is 0.111. The first-order valence-electron chi connectivity index (χ1n) is 3.58. The Hall–Kier alpha value is -0.110. The smallest absolute Gasteiger partial charge is 0.280 e. The molecule has 0 aliphatic heterocycles. The van der Waals surface area contributed by atoms with Gasteiger partial charge >= 0.3 is 0 Å². The highest BCUT2D eigenvalue weighted by Crippen LogP contribution is 2.26. The second kappa shape index (κ2) is 5.11. The van der Waals surface area contributed by atoms with Crippen molar-refractivity contribution in [2.75, 3.05) is 0 Å². The van der Waals surface area contributed by atoms with Crippen LogP contribution in [0, 0.1) is 3.57 Å². The first kappa shape index (κ1) is 12.0. The van der Waals surface area contributed by atoms with Crippen molar-refractivity contribution >= 4 is 44.8 Å². The minimum Gasteiger partial charge on any atom is -0.296 e. The van der Waals surface area contributed by atoms with E-state index in [9.17, 15) is 13.6 Å². The van der Waals surface area contributed by atoms with Crippen LogP contribution in [-0.2, 0) is 5.33 Å². The van der Waals surface area contributed by atoms with Crippen molar-refractivity contribution in [3.05, 3.63) is 26.6 Å². The van der Waals surface area contributed by atoms with Crippen LogP contribution < -0.4 is 0 Å². The quantitative estimate of drug-likeness (QED) is 0.461. The fourth-order valence-electron chi connectivity index (χ4n) is 0.951. The van der Waals surface area contributed by atoms with Gasteiger partial charge in [0.2, 0.25) is 0 Å². The van der Waals surface area contributed by atoms with Gasteiger partial charge in [0.05, 0.1) is 0 Å². The SMILES string of the molecule is O=Cc1cc(I)c(CBr)c(C(F)F)n1. The Balaban J connectivity index is 3.35. The number of alkyl halides is 3. The van der Waals surface area contributed by atoms with E-state index in [-0.39, 0.29) is 11.4 Å². The lowest BCUT2D eigenvalue weighted by Gasteiger charge is -2.08. The molecule has 0 atom stereocenters. The monoisotopic (exact) mass is 375 g/mol. The van der Waals surface area contributed by atoms with E-state index in [2.05, 4.69) is 20.9 Å². The minimum atomic E-state index is -2.66. The molecule has 0 aliphatic rings. The Kier molecular flexibility index (Phi) is 4.36. The van der Waals surface area contributed by atoms with Gasteiger partial charge in [-0.25, -0.2) is 13.8 Å². The Bertz CT molecular complexity index is 359. The number of carbonyl (C=O) groups excluding carboxylic acids is 1. The zero-order valence-electron chi connectivity index (χ0n) is 6.81. The number of nitrogens with zero attached hydrogens (tertiary/aromatic N) is 1. The van der Waals surface area contributed by atoms with E-state index < -0.39 is 6.43 Å². The molecule has 2 nitrogen and oxygen atoms in total. The molecule has 1 aromatic rings. The molecule has 76 valence electrons. The molecular formula is C8H5BrF2INO. The molecule has 0 aromatic carbocycles. The number of aromatic nitrogens is 1. The fourth-order valence-corrected chi connectivity index (χ4v) is 2.85. The highest BCUT2D eigenvalue weighted by Gasteiger charge is 2.17. The third-order valence-electron chi connectivity index (χ3n) is 1.58. The summed E-state index contributed by atoms with van der Waals surface area (Å²) in [5, 5.41) is 0.303. The zero-order valence-corrected chi connectivity index (χ0v) is 10.5. The van der Waals surface area contributed by atoms with Crippen LogP contribution in [-0.4, -0.2) is 11.3 Å². The van der Waals surface area contributed by atoms with Crippen molar-refractivity contribution < 1.29 is 13.6 Å². The largest absolute Gasteiger partial charge is 0.296 e. The van der Waals surface area contributed by atoms with E-state index in [1.165, 1.54) is 6.07 Å². The number of hydrogen-bond acceptors (Lipinski definition) is 2. The number of hydrogen-bond donors (Lipinski definition) is 0. The summed E-state index contributed by atoms with van der Waals surface area (Å²) < 4.78 is 25.6. The van der Waals surface area contributed by atoms with Crippen LogP contribution >= 0.6 is 38.5 Å². The predicted octanol–water partition coefficient (Wildman–Crippen LogP) is 3.33. The van der Waals surface area contributed by atoms with Gasteiger partial charge < -0.3 is 0 Å². The lowest BCUT2D eigenvalue weighted by atomic mass is 10.2. The average molecular weight is 376 g/mol. The summed E-state index contributed by atoms with van der Waals surface area (Å²) in [5.41, 5.74) is 0.150. The minimum absolute atomic E-state index is 0.0365. The molecule has 0 saturated heterocycles. The van der Waals surface area contributed by atoms with E-state index in [4.69, 9.17) is 0 Å². The van der Waals surface area contributed by atoms with Crippen LogP contribution in [0.2, 0.25) is 0 Å². The lowest BCUT2D eigenvalue weighted by Crippen LogP contribution is -2.03. The van der Waals surface area contributed by atoms with Gasteiger partial charge in [0.15, 0.2) is 6.29 Å². The predicted molar refractivity (Wildman–Crippen MR) is 59.9 cm³/mol. The molecule has 0 amide bonds. The van der Waals surface area contributed by atoms with Gasteiger partial charge in [0.25, 0.3) is 6.43 Å². The van der Waals surface area contributed by atoms with Crippen LogP contribution in [0.1, 0.15) is 28.2 Å². The maximum atomic E-state index is 12.5. The van der Waals surface area contributed by atoms with Gasteiger partial charge in [-0.05, 0) is 28.7 Å². The maximum Gasteiger partial charge on any atom is 0.280 e. The molecule has 14 heavy (non-hydrogen) atoms. The second-order valence-corrected chi connectivity index (χ2v) is 4.17. The molecule has 6 heteroatoms. The van der Waals surface area contributed by atoms with Crippen LogP contribution in [0.5, 0.6) is 0 Å². The zero-order chi connectivity index (χ0) is 10.7. The van der Waals surface area contributed by atoms with Gasteiger partial charge in [0.1, 0.15) is 11.4 Å². The van der Waals surface area contributed by atoms with Gasteiger partial charge in [0, 0.05) is 14.5 Å². The Morgan fingerprint density at radius 3 is 2.71 bits per heavy atom. The molecule has 0 N–H and O–H groups in total. The third-order valence-corrected chi connectivity index (χ3v) is 3.11. The summed E-state index contributed by atoms with van der Waals surface area (Å²) in [5.74, 6) is 0. The summed E-state index contributed by atoms with van der Waals surface area (Å²) >= 11 is 5.01. The highest BCUT2D eigenvalue weighted by molar-refractivity contribution is 14.1. The topological polar surface area (TPSA) is 30.0 Å². The number of pyridine rings is 1. The number of halogens is 4. The normalized spacial score (nSPS) is 10.6. The second-order valence-electron chi connectivity index (χ2n) is 2.44. The molecule has 0 radical (unpaired) electrons. The molecule has 0 unspecified atom stereocenters. The van der Waals surface area contributed by atoms with E-state index >= 15 is 0 Å². The van der Waals surface area contributed by atoms with Crippen LogP contribution in [0.3, 0.4) is 0 Å². The van der Waals surface area contributed by atoms with Crippen LogP contribution in [0.15, 0.2) is 6.07 Å². The third kappa shape index (κ3) is 2.47. The molecule has 0 aliphatic carbocycles. The van der Waals surface area contributed by atoms with E-state index in [0.717, 1.165) is 0 Å². The van der Waals surface area contributed by atoms with Crippen molar-refractivity contribution in [2.45, 2.75) is 11.8 Å². The summed E-state index contributed by atoms with van der Waals surface area (Å²) in [6.45, 7) is 0. The van der Waals surface area contributed by atoms with Crippen molar-refractivity contribution in [3.63, 3.8) is 0 Å². The van der Waals surface area contributed by atoms with E-state index in [1.54, 1.807) is 0 Å². The first-order valence-corrected chi connectivity index (χ1v) is 5.78. The Morgan fingerprint density at radius 2 is 2.29 bits per heavy atom. The molecule has 0 spiro atoms. The number of aldehydes is 1. The van der Waals surface area contributed by atoms with Crippen LogP contribution in [0.4, 0.5) is 8.78 Å². The Morgan fingerprint density at radius 1 is 1.64 bits per heavy atom. The molecule has 1 heterocycles. The summed E-state index contributed by atoms with van der Waals surface area (Å²) in [4.78, 5) is 14.0. The van der Waals surface area contributed by atoms with Gasteiger partial charge in [-0.3, -0.25) is 4.79 Å². The summed E-state index contributed by atoms with van der Waals surface area (Å²) in [6, 6.07) is 1.48. The molecular weight excluding hydrogens is 371 g/mol. The number of rotatable bonds is 3. The van der Waals surface area contributed by atoms with E-state index in [0.29, 0.717) is 20.7 Å². The average Bonchev–Trinajstić information content (AvgIpc) is 2.16. The summed E-state index contributed by atoms with van der Waals surface area (Å²) in [6.07, 6.45) is -2.19. The van der Waals surface area contributed by atoms with Crippen LogP contribution in [0.25, 0.3) is 0 Å². The van der Waals surface area contributed by atoms with Gasteiger partial charge in [-0.1, -0.05) is 15.9 Å². The van der Waals surface area contributed by atoms with E-state index in [1.807, 2.05) is 22.6 Å². The fraction of sp³-hybridized carbons (Fsp3) is 0.250. The van der Waals surface area contributed by atoms with Gasteiger partial charge in [-0.2, -0.15) is 0 Å². The van der Waals surface area contributed by atoms with Crippen molar-refractivity contribution in [1.29, 1.82) is 0 Å². The van der Waals surface area contributed by atoms with Crippen molar-refractivity contribution in [3.8, 4) is 0 Å². The molecule has 1 aromatic heterocycles. The Labute approximate surface area is 101 Å².